The molecule has 0 spiro atoms. The maximum Gasteiger partial charge on any atom is 0.0389 e. The molecule has 0 aliphatic carbocycles. The van der Waals surface area contributed by atoms with Crippen LogP contribution < -0.4 is 0 Å². The standard InChI is InChI=1S/C27H35N/c1-3-5-13-24(4-2)15-12-23-28-22-11-7-8-14-25-18-20-27(21-19-25)26-16-9-6-10-17-26/h4,6,9-10,12,15-21,23H,3,5,7-8,11,13-14,22H2,1-2H3/b15-12-,24-4-,28-23+. The molecule has 0 bridgehead atoms. The zero-order valence-corrected chi connectivity index (χ0v) is 17.6. The average Bonchev–Trinajstić information content (AvgIpc) is 2.75. The van der Waals surface area contributed by atoms with E-state index >= 15 is 0 Å². The highest BCUT2D eigenvalue weighted by atomic mass is 14.7. The SMILES string of the molecule is C\C=C(/C=C\C=N\CCCCCc1ccc(-c2ccccc2)cc1)CCCC. The third-order valence-corrected chi connectivity index (χ3v) is 5.01. The Balaban J connectivity index is 1.60. The number of nitrogens with zero attached hydrogens (tertiary/aromatic N) is 1. The van der Waals surface area contributed by atoms with Crippen LogP contribution in [0.15, 0.2) is 83.4 Å². The Morgan fingerprint density at radius 3 is 2.32 bits per heavy atom. The molecule has 2 aromatic carbocycles. The number of benzene rings is 2. The first-order valence-corrected chi connectivity index (χ1v) is 10.8. The third-order valence-electron chi connectivity index (χ3n) is 5.01. The van der Waals surface area contributed by atoms with Gasteiger partial charge in [-0.25, -0.2) is 0 Å². The van der Waals surface area contributed by atoms with Gasteiger partial charge in [0.1, 0.15) is 0 Å². The van der Waals surface area contributed by atoms with Crippen molar-refractivity contribution < 1.29 is 0 Å². The van der Waals surface area contributed by atoms with Crippen molar-refractivity contribution in [3.8, 4) is 11.1 Å². The summed E-state index contributed by atoms with van der Waals surface area (Å²) in [6, 6.07) is 19.6. The molecule has 0 saturated heterocycles. The van der Waals surface area contributed by atoms with Crippen molar-refractivity contribution in [2.75, 3.05) is 6.54 Å². The highest BCUT2D eigenvalue weighted by molar-refractivity contribution is 5.71. The molecule has 0 aliphatic rings. The summed E-state index contributed by atoms with van der Waals surface area (Å²) in [7, 11) is 0. The minimum atomic E-state index is 0.928. The van der Waals surface area contributed by atoms with Crippen molar-refractivity contribution >= 4 is 6.21 Å². The Kier molecular flexibility index (Phi) is 10.7. The van der Waals surface area contributed by atoms with Gasteiger partial charge in [0.05, 0.1) is 0 Å². The van der Waals surface area contributed by atoms with Gasteiger partial charge in [0, 0.05) is 12.8 Å². The molecule has 0 atom stereocenters. The lowest BCUT2D eigenvalue weighted by Gasteiger charge is -2.04. The van der Waals surface area contributed by atoms with Crippen LogP contribution in [-0.4, -0.2) is 12.8 Å². The van der Waals surface area contributed by atoms with Crippen LogP contribution in [0.2, 0.25) is 0 Å². The lowest BCUT2D eigenvalue weighted by Crippen LogP contribution is -1.88. The number of rotatable bonds is 12. The predicted octanol–water partition coefficient (Wildman–Crippen LogP) is 7.83. The van der Waals surface area contributed by atoms with E-state index in [-0.39, 0.29) is 0 Å². The molecule has 0 aromatic heterocycles. The first kappa shape index (κ1) is 21.9. The summed E-state index contributed by atoms with van der Waals surface area (Å²) in [5, 5.41) is 0. The van der Waals surface area contributed by atoms with E-state index in [4.69, 9.17) is 0 Å². The van der Waals surface area contributed by atoms with Gasteiger partial charge in [-0.2, -0.15) is 0 Å². The topological polar surface area (TPSA) is 12.4 Å². The van der Waals surface area contributed by atoms with Crippen molar-refractivity contribution in [1.82, 2.24) is 0 Å². The van der Waals surface area contributed by atoms with Gasteiger partial charge in [0.25, 0.3) is 0 Å². The normalized spacial score (nSPS) is 12.3. The van der Waals surface area contributed by atoms with Gasteiger partial charge in [-0.1, -0.05) is 92.1 Å². The van der Waals surface area contributed by atoms with Crippen LogP contribution >= 0.6 is 0 Å². The van der Waals surface area contributed by atoms with Gasteiger partial charge >= 0.3 is 0 Å². The lowest BCUT2D eigenvalue weighted by molar-refractivity contribution is 0.688. The molecule has 0 unspecified atom stereocenters. The van der Waals surface area contributed by atoms with E-state index in [1.54, 1.807) is 0 Å². The summed E-state index contributed by atoms with van der Waals surface area (Å²) in [5.74, 6) is 0. The fourth-order valence-electron chi connectivity index (χ4n) is 3.21. The summed E-state index contributed by atoms with van der Waals surface area (Å²) in [6.45, 7) is 5.28. The Labute approximate surface area is 171 Å². The highest BCUT2D eigenvalue weighted by Crippen LogP contribution is 2.20. The summed E-state index contributed by atoms with van der Waals surface area (Å²) in [6.07, 6.45) is 16.9. The predicted molar refractivity (Wildman–Crippen MR) is 125 cm³/mol. The van der Waals surface area contributed by atoms with Crippen LogP contribution in [-0.2, 0) is 6.42 Å². The van der Waals surface area contributed by atoms with E-state index in [1.165, 1.54) is 60.8 Å². The number of hydrogen-bond acceptors (Lipinski definition) is 1. The average molecular weight is 374 g/mol. The molecule has 0 amide bonds. The van der Waals surface area contributed by atoms with E-state index < -0.39 is 0 Å². The maximum absolute atomic E-state index is 4.51. The Morgan fingerprint density at radius 1 is 0.857 bits per heavy atom. The van der Waals surface area contributed by atoms with Gasteiger partial charge in [-0.15, -0.1) is 0 Å². The molecular weight excluding hydrogens is 338 g/mol. The minimum absolute atomic E-state index is 0.928. The second-order valence-electron chi connectivity index (χ2n) is 7.26. The second-order valence-corrected chi connectivity index (χ2v) is 7.26. The third kappa shape index (κ3) is 8.52. The molecule has 1 heteroatoms. The summed E-state index contributed by atoms with van der Waals surface area (Å²) in [4.78, 5) is 4.51. The van der Waals surface area contributed by atoms with E-state index in [1.807, 2.05) is 6.21 Å². The minimum Gasteiger partial charge on any atom is -0.293 e. The molecule has 0 N–H and O–H groups in total. The van der Waals surface area contributed by atoms with Gasteiger partial charge in [0.15, 0.2) is 0 Å². The van der Waals surface area contributed by atoms with Crippen molar-refractivity contribution in [3.63, 3.8) is 0 Å². The molecule has 0 fully saturated rings. The van der Waals surface area contributed by atoms with Crippen molar-refractivity contribution in [2.24, 2.45) is 4.99 Å². The lowest BCUT2D eigenvalue weighted by atomic mass is 10.0. The van der Waals surface area contributed by atoms with Crippen LogP contribution in [0, 0.1) is 0 Å². The van der Waals surface area contributed by atoms with E-state index in [0.29, 0.717) is 0 Å². The van der Waals surface area contributed by atoms with Crippen LogP contribution in [0.3, 0.4) is 0 Å². The van der Waals surface area contributed by atoms with E-state index in [0.717, 1.165) is 13.0 Å². The molecule has 148 valence electrons. The van der Waals surface area contributed by atoms with Crippen LogP contribution in [0.4, 0.5) is 0 Å². The molecular formula is C27H35N. The van der Waals surface area contributed by atoms with Crippen molar-refractivity contribution in [2.45, 2.75) is 58.8 Å². The molecule has 28 heavy (non-hydrogen) atoms. The van der Waals surface area contributed by atoms with Gasteiger partial charge in [0.2, 0.25) is 0 Å². The van der Waals surface area contributed by atoms with Crippen molar-refractivity contribution in [3.05, 3.63) is 84.0 Å². The number of aryl methyl sites for hydroxylation is 1. The summed E-state index contributed by atoms with van der Waals surface area (Å²) >= 11 is 0. The van der Waals surface area contributed by atoms with Gasteiger partial charge in [-0.3, -0.25) is 4.99 Å². The first-order valence-electron chi connectivity index (χ1n) is 10.8. The number of aliphatic imine (C=N–C) groups is 1. The fourth-order valence-corrected chi connectivity index (χ4v) is 3.21. The van der Waals surface area contributed by atoms with E-state index in [9.17, 15) is 0 Å². The number of allylic oxidation sites excluding steroid dienone is 4. The Bertz CT molecular complexity index is 736. The second kappa shape index (κ2) is 13.7. The van der Waals surface area contributed by atoms with Gasteiger partial charge in [-0.05, 0) is 61.8 Å². The zero-order chi connectivity index (χ0) is 19.9. The number of unbranched alkanes of at least 4 members (excludes halogenated alkanes) is 3. The molecule has 2 rings (SSSR count). The quantitative estimate of drug-likeness (QED) is 0.204. The molecule has 2 aromatic rings. The Morgan fingerprint density at radius 2 is 1.61 bits per heavy atom. The van der Waals surface area contributed by atoms with Crippen molar-refractivity contribution in [1.29, 1.82) is 0 Å². The Hall–Kier alpha value is -2.41. The summed E-state index contributed by atoms with van der Waals surface area (Å²) in [5.41, 5.74) is 5.42. The molecule has 1 nitrogen and oxygen atoms in total. The fraction of sp³-hybridized carbons (Fsp3) is 0.370. The van der Waals surface area contributed by atoms with Gasteiger partial charge < -0.3 is 0 Å². The van der Waals surface area contributed by atoms with Crippen LogP contribution in [0.25, 0.3) is 11.1 Å². The first-order chi connectivity index (χ1) is 13.8. The molecule has 0 saturated carbocycles. The highest BCUT2D eigenvalue weighted by Gasteiger charge is 1.98. The van der Waals surface area contributed by atoms with Crippen LogP contribution in [0.5, 0.6) is 0 Å². The summed E-state index contributed by atoms with van der Waals surface area (Å²) < 4.78 is 0. The monoisotopic (exact) mass is 373 g/mol. The molecule has 0 radical (unpaired) electrons. The maximum atomic E-state index is 4.51. The zero-order valence-electron chi connectivity index (χ0n) is 17.6. The smallest absolute Gasteiger partial charge is 0.0389 e. The van der Waals surface area contributed by atoms with Crippen LogP contribution in [0.1, 0.15) is 57.9 Å². The molecule has 0 aliphatic heterocycles. The largest absolute Gasteiger partial charge is 0.293 e. The molecule has 0 heterocycles. The van der Waals surface area contributed by atoms with E-state index in [2.05, 4.69) is 91.7 Å². The number of hydrogen-bond donors (Lipinski definition) is 0.